The normalized spacial score (nSPS) is 26.2. The third kappa shape index (κ3) is 3.26. The average Bonchev–Trinajstić information content (AvgIpc) is 2.70. The lowest BCUT2D eigenvalue weighted by Gasteiger charge is -2.51. The predicted molar refractivity (Wildman–Crippen MR) is 99.5 cm³/mol. The van der Waals surface area contributed by atoms with E-state index < -0.39 is 34.8 Å². The van der Waals surface area contributed by atoms with Gasteiger partial charge in [-0.25, -0.2) is 18.2 Å². The second-order valence-corrected chi connectivity index (χ2v) is 7.44. The van der Waals surface area contributed by atoms with Crippen LogP contribution in [0.15, 0.2) is 30.5 Å². The van der Waals surface area contributed by atoms with Crippen LogP contribution >= 0.6 is 0 Å². The summed E-state index contributed by atoms with van der Waals surface area (Å²) in [4.78, 5) is 17.6. The number of aromatic nitrogens is 1. The maximum Gasteiger partial charge on any atom is 0.256 e. The molecule has 30 heavy (non-hydrogen) atoms. The number of hydrogen-bond donors (Lipinski definition) is 2. The highest BCUT2D eigenvalue weighted by Gasteiger charge is 2.54. The van der Waals surface area contributed by atoms with Crippen LogP contribution in [-0.4, -0.2) is 41.5 Å². The maximum absolute atomic E-state index is 15.0. The zero-order chi connectivity index (χ0) is 21.6. The van der Waals surface area contributed by atoms with Gasteiger partial charge in [0.1, 0.15) is 22.9 Å². The van der Waals surface area contributed by atoms with Gasteiger partial charge in [0, 0.05) is 18.7 Å². The Morgan fingerprint density at radius 1 is 1.30 bits per heavy atom. The van der Waals surface area contributed by atoms with Crippen molar-refractivity contribution in [3.05, 3.63) is 53.5 Å². The van der Waals surface area contributed by atoms with Gasteiger partial charge in [0.05, 0.1) is 24.8 Å². The first-order chi connectivity index (χ1) is 14.2. The number of rotatable bonds is 3. The molecule has 7 nitrogen and oxygen atoms in total. The summed E-state index contributed by atoms with van der Waals surface area (Å²) in [5.74, 6) is -4.16. The molecule has 10 heteroatoms. The first-order valence-electron chi connectivity index (χ1n) is 9.26. The standard InChI is InChI=1S/C20H19F3N4O3/c1-10-5-14-18(28)27(2)19(24)26-20(14,9-29-10)13-7-12(3-4-15(13)22)30-17-16(23)6-11(21)8-25-17/h3-4,6-8,10,14H,5,9H2,1-2H3,(H2,24,26)/t10-,14-,20+/m0/s1. The topological polar surface area (TPSA) is 87.5 Å². The van der Waals surface area contributed by atoms with Crippen LogP contribution in [0.4, 0.5) is 13.2 Å². The number of halogens is 3. The molecular weight excluding hydrogens is 401 g/mol. The Morgan fingerprint density at radius 3 is 2.80 bits per heavy atom. The van der Waals surface area contributed by atoms with E-state index >= 15 is 0 Å². The molecule has 0 aliphatic carbocycles. The summed E-state index contributed by atoms with van der Waals surface area (Å²) in [5.41, 5.74) is -1.28. The van der Waals surface area contributed by atoms with Gasteiger partial charge in [0.25, 0.3) is 5.88 Å². The second kappa shape index (κ2) is 7.28. The summed E-state index contributed by atoms with van der Waals surface area (Å²) >= 11 is 0. The van der Waals surface area contributed by atoms with E-state index in [1.807, 2.05) is 6.92 Å². The smallest absolute Gasteiger partial charge is 0.256 e. The van der Waals surface area contributed by atoms with Crippen molar-refractivity contribution < 1.29 is 27.4 Å². The summed E-state index contributed by atoms with van der Waals surface area (Å²) in [6.45, 7) is 1.76. The molecule has 2 N–H and O–H groups in total. The fourth-order valence-electron chi connectivity index (χ4n) is 3.88. The van der Waals surface area contributed by atoms with Crippen LogP contribution in [0.2, 0.25) is 0 Å². The van der Waals surface area contributed by atoms with Gasteiger partial charge in [0.2, 0.25) is 5.91 Å². The number of nitrogens with one attached hydrogen (secondary N) is 2. The molecule has 0 unspecified atom stereocenters. The lowest BCUT2D eigenvalue weighted by Crippen LogP contribution is -2.69. The Morgan fingerprint density at radius 2 is 2.07 bits per heavy atom. The van der Waals surface area contributed by atoms with Crippen molar-refractivity contribution in [2.45, 2.75) is 25.0 Å². The highest BCUT2D eigenvalue weighted by Crippen LogP contribution is 2.43. The van der Waals surface area contributed by atoms with Crippen LogP contribution in [-0.2, 0) is 15.1 Å². The first-order valence-corrected chi connectivity index (χ1v) is 9.26. The Balaban J connectivity index is 1.77. The van der Waals surface area contributed by atoms with E-state index in [1.54, 1.807) is 0 Å². The fraction of sp³-hybridized carbons (Fsp3) is 0.350. The number of hydrogen-bond acceptors (Lipinski definition) is 5. The molecule has 2 aliphatic rings. The van der Waals surface area contributed by atoms with Crippen molar-refractivity contribution in [3.63, 3.8) is 0 Å². The zero-order valence-corrected chi connectivity index (χ0v) is 16.2. The number of carbonyl (C=O) groups excluding carboxylic acids is 1. The van der Waals surface area contributed by atoms with Gasteiger partial charge in [-0.15, -0.1) is 0 Å². The number of carbonyl (C=O) groups is 1. The van der Waals surface area contributed by atoms with Gasteiger partial charge in [-0.05, 0) is 31.5 Å². The summed E-state index contributed by atoms with van der Waals surface area (Å²) in [5, 5.41) is 11.0. The van der Waals surface area contributed by atoms with E-state index in [1.165, 1.54) is 24.1 Å². The number of benzene rings is 1. The van der Waals surface area contributed by atoms with Gasteiger partial charge in [-0.1, -0.05) is 0 Å². The Hall–Kier alpha value is -3.14. The minimum Gasteiger partial charge on any atom is -0.436 e. The van der Waals surface area contributed by atoms with Crippen molar-refractivity contribution in [1.29, 1.82) is 5.41 Å². The second-order valence-electron chi connectivity index (χ2n) is 7.44. The number of pyridine rings is 1. The van der Waals surface area contributed by atoms with Crippen LogP contribution in [0.3, 0.4) is 0 Å². The van der Waals surface area contributed by atoms with E-state index in [0.29, 0.717) is 12.5 Å². The fourth-order valence-corrected chi connectivity index (χ4v) is 3.88. The molecule has 4 rings (SSSR count). The third-order valence-electron chi connectivity index (χ3n) is 5.47. The van der Waals surface area contributed by atoms with Gasteiger partial charge >= 0.3 is 0 Å². The van der Waals surface area contributed by atoms with E-state index in [-0.39, 0.29) is 35.9 Å². The first kappa shape index (κ1) is 20.1. The molecule has 0 spiro atoms. The summed E-state index contributed by atoms with van der Waals surface area (Å²) in [6, 6.07) is 4.31. The quantitative estimate of drug-likeness (QED) is 0.797. The molecule has 3 heterocycles. The molecule has 1 aromatic carbocycles. The number of nitrogens with zero attached hydrogens (tertiary/aromatic N) is 2. The van der Waals surface area contributed by atoms with Crippen molar-refractivity contribution >= 4 is 11.9 Å². The molecule has 3 atom stereocenters. The minimum atomic E-state index is -1.33. The van der Waals surface area contributed by atoms with Crippen molar-refractivity contribution in [2.24, 2.45) is 5.92 Å². The highest BCUT2D eigenvalue weighted by molar-refractivity contribution is 6.00. The molecule has 0 bridgehead atoms. The van der Waals surface area contributed by atoms with Crippen molar-refractivity contribution in [2.75, 3.05) is 13.7 Å². The predicted octanol–water partition coefficient (Wildman–Crippen LogP) is 2.91. The SMILES string of the molecule is C[C@H]1C[C@H]2C(=O)N(C)C(=N)N[C@@]2(c2cc(Oc3ncc(F)cc3F)ccc2F)CO1. The van der Waals surface area contributed by atoms with Crippen LogP contribution in [0.1, 0.15) is 18.9 Å². The number of fused-ring (bicyclic) bond motifs is 1. The van der Waals surface area contributed by atoms with Gasteiger partial charge < -0.3 is 14.8 Å². The van der Waals surface area contributed by atoms with Crippen LogP contribution in [0, 0.1) is 28.8 Å². The molecule has 2 aromatic rings. The Labute approximate surface area is 170 Å². The Bertz CT molecular complexity index is 1030. The van der Waals surface area contributed by atoms with Gasteiger partial charge in [-0.3, -0.25) is 15.1 Å². The number of ether oxygens (including phenoxy) is 2. The minimum absolute atomic E-state index is 0.0378. The van der Waals surface area contributed by atoms with Crippen LogP contribution in [0.5, 0.6) is 11.6 Å². The maximum atomic E-state index is 15.0. The van der Waals surface area contributed by atoms with E-state index in [4.69, 9.17) is 14.9 Å². The van der Waals surface area contributed by atoms with Crippen molar-refractivity contribution in [3.8, 4) is 11.6 Å². The number of guanidine groups is 1. The van der Waals surface area contributed by atoms with E-state index in [9.17, 15) is 18.0 Å². The third-order valence-corrected chi connectivity index (χ3v) is 5.47. The monoisotopic (exact) mass is 420 g/mol. The molecular formula is C20H19F3N4O3. The summed E-state index contributed by atoms with van der Waals surface area (Å²) < 4.78 is 53.1. The lowest BCUT2D eigenvalue weighted by atomic mass is 9.72. The molecule has 1 aromatic heterocycles. The molecule has 2 aliphatic heterocycles. The van der Waals surface area contributed by atoms with Crippen molar-refractivity contribution in [1.82, 2.24) is 15.2 Å². The van der Waals surface area contributed by atoms with E-state index in [2.05, 4.69) is 10.3 Å². The molecule has 0 radical (unpaired) electrons. The summed E-state index contributed by atoms with van der Waals surface area (Å²) in [7, 11) is 1.47. The van der Waals surface area contributed by atoms with E-state index in [0.717, 1.165) is 12.3 Å². The molecule has 1 amide bonds. The average molecular weight is 420 g/mol. The largest absolute Gasteiger partial charge is 0.436 e. The summed E-state index contributed by atoms with van der Waals surface area (Å²) in [6.07, 6.45) is 0.892. The molecule has 2 fully saturated rings. The zero-order valence-electron chi connectivity index (χ0n) is 16.2. The molecule has 0 saturated carbocycles. The van der Waals surface area contributed by atoms with Crippen LogP contribution in [0.25, 0.3) is 0 Å². The molecule has 158 valence electrons. The van der Waals surface area contributed by atoms with Gasteiger partial charge in [-0.2, -0.15) is 0 Å². The number of amides is 1. The Kier molecular flexibility index (Phi) is 4.89. The van der Waals surface area contributed by atoms with Gasteiger partial charge in [0.15, 0.2) is 11.8 Å². The van der Waals surface area contributed by atoms with Crippen LogP contribution < -0.4 is 10.1 Å². The highest BCUT2D eigenvalue weighted by atomic mass is 19.1. The lowest BCUT2D eigenvalue weighted by molar-refractivity contribution is -0.148. The molecule has 2 saturated heterocycles.